The SMILES string of the molecule is [CH2]CCCCCNCCCCCCCCCCCCC. The number of hydrogen-bond donors (Lipinski definition) is 1. The van der Waals surface area contributed by atoms with Gasteiger partial charge in [-0.2, -0.15) is 0 Å². The van der Waals surface area contributed by atoms with E-state index in [1.54, 1.807) is 0 Å². The lowest BCUT2D eigenvalue weighted by Gasteiger charge is -2.05. The average molecular weight is 283 g/mol. The summed E-state index contributed by atoms with van der Waals surface area (Å²) in [5, 5.41) is 3.55. The summed E-state index contributed by atoms with van der Waals surface area (Å²) in [6.45, 7) is 8.59. The molecule has 0 atom stereocenters. The van der Waals surface area contributed by atoms with E-state index in [1.807, 2.05) is 0 Å². The Kier molecular flexibility index (Phi) is 18.9. The van der Waals surface area contributed by atoms with Crippen molar-refractivity contribution in [3.8, 4) is 0 Å². The van der Waals surface area contributed by atoms with Crippen LogP contribution in [-0.2, 0) is 0 Å². The van der Waals surface area contributed by atoms with Gasteiger partial charge in [-0.05, 0) is 25.9 Å². The third-order valence-electron chi connectivity index (χ3n) is 4.06. The fourth-order valence-corrected chi connectivity index (χ4v) is 2.64. The van der Waals surface area contributed by atoms with Crippen molar-refractivity contribution < 1.29 is 0 Å². The maximum atomic E-state index is 3.87. The van der Waals surface area contributed by atoms with Crippen molar-refractivity contribution >= 4 is 0 Å². The second-order valence-corrected chi connectivity index (χ2v) is 6.20. The Labute approximate surface area is 129 Å². The van der Waals surface area contributed by atoms with Crippen LogP contribution < -0.4 is 5.32 Å². The van der Waals surface area contributed by atoms with Gasteiger partial charge in [-0.15, -0.1) is 0 Å². The van der Waals surface area contributed by atoms with E-state index >= 15 is 0 Å². The molecule has 0 aromatic heterocycles. The van der Waals surface area contributed by atoms with Crippen molar-refractivity contribution in [2.24, 2.45) is 0 Å². The average Bonchev–Trinajstić information content (AvgIpc) is 2.47. The smallest absolute Gasteiger partial charge is 0.00489 e. The Bertz CT molecular complexity index is 138. The zero-order chi connectivity index (χ0) is 14.7. The molecule has 0 saturated heterocycles. The van der Waals surface area contributed by atoms with Crippen LogP contribution in [0.15, 0.2) is 0 Å². The summed E-state index contributed by atoms with van der Waals surface area (Å²) < 4.78 is 0. The van der Waals surface area contributed by atoms with Crippen LogP contribution >= 0.6 is 0 Å². The molecule has 1 radical (unpaired) electrons. The Morgan fingerprint density at radius 1 is 0.550 bits per heavy atom. The Balaban J connectivity index is 2.89. The number of hydrogen-bond acceptors (Lipinski definition) is 1. The monoisotopic (exact) mass is 282 g/mol. The van der Waals surface area contributed by atoms with Gasteiger partial charge in [0, 0.05) is 0 Å². The molecule has 0 aliphatic carbocycles. The van der Waals surface area contributed by atoms with E-state index in [9.17, 15) is 0 Å². The molecule has 0 aliphatic rings. The van der Waals surface area contributed by atoms with E-state index in [0.29, 0.717) is 0 Å². The lowest BCUT2D eigenvalue weighted by Crippen LogP contribution is -2.16. The Morgan fingerprint density at radius 3 is 1.40 bits per heavy atom. The molecule has 1 N–H and O–H groups in total. The lowest BCUT2D eigenvalue weighted by molar-refractivity contribution is 0.533. The minimum absolute atomic E-state index is 1.10. The van der Waals surface area contributed by atoms with E-state index in [2.05, 4.69) is 19.2 Å². The number of nitrogens with one attached hydrogen (secondary N) is 1. The molecule has 0 aliphatic heterocycles. The van der Waals surface area contributed by atoms with Gasteiger partial charge in [0.15, 0.2) is 0 Å². The standard InChI is InChI=1S/C19H40N/c1-3-5-7-9-10-11-12-13-14-15-17-19-20-18-16-8-6-4-2/h20H,2-19H2,1H3. The van der Waals surface area contributed by atoms with E-state index in [1.165, 1.54) is 103 Å². The molecule has 121 valence electrons. The zero-order valence-electron chi connectivity index (χ0n) is 14.2. The first kappa shape index (κ1) is 20.0. The normalized spacial score (nSPS) is 11.1. The molecule has 1 heteroatoms. The molecule has 0 bridgehead atoms. The Hall–Kier alpha value is -0.0400. The quantitative estimate of drug-likeness (QED) is 0.309. The summed E-state index contributed by atoms with van der Waals surface area (Å²) in [6.07, 6.45) is 20.9. The van der Waals surface area contributed by atoms with E-state index in [4.69, 9.17) is 0 Å². The first-order valence-corrected chi connectivity index (χ1v) is 9.41. The maximum absolute atomic E-state index is 3.87. The summed E-state index contributed by atoms with van der Waals surface area (Å²) in [4.78, 5) is 0. The van der Waals surface area contributed by atoms with E-state index < -0.39 is 0 Å². The molecule has 0 unspecified atom stereocenters. The van der Waals surface area contributed by atoms with Crippen molar-refractivity contribution in [2.75, 3.05) is 13.1 Å². The number of rotatable bonds is 17. The highest BCUT2D eigenvalue weighted by molar-refractivity contribution is 4.52. The first-order valence-electron chi connectivity index (χ1n) is 9.41. The van der Waals surface area contributed by atoms with Gasteiger partial charge in [0.2, 0.25) is 0 Å². The van der Waals surface area contributed by atoms with Gasteiger partial charge in [0.05, 0.1) is 0 Å². The third kappa shape index (κ3) is 18.0. The van der Waals surface area contributed by atoms with Crippen LogP contribution in [0, 0.1) is 6.92 Å². The van der Waals surface area contributed by atoms with Gasteiger partial charge in [0.1, 0.15) is 0 Å². The minimum Gasteiger partial charge on any atom is -0.317 e. The summed E-state index contributed by atoms with van der Waals surface area (Å²) in [5.41, 5.74) is 0. The molecule has 20 heavy (non-hydrogen) atoms. The van der Waals surface area contributed by atoms with Crippen molar-refractivity contribution in [1.29, 1.82) is 0 Å². The van der Waals surface area contributed by atoms with E-state index in [0.717, 1.165) is 6.42 Å². The Morgan fingerprint density at radius 2 is 0.950 bits per heavy atom. The molecule has 0 saturated carbocycles. The molecule has 0 heterocycles. The molecular weight excluding hydrogens is 242 g/mol. The summed E-state index contributed by atoms with van der Waals surface area (Å²) in [6, 6.07) is 0. The minimum atomic E-state index is 1.10. The van der Waals surface area contributed by atoms with Crippen LogP contribution in [0.4, 0.5) is 0 Å². The van der Waals surface area contributed by atoms with Crippen molar-refractivity contribution in [3.05, 3.63) is 6.92 Å². The highest BCUT2D eigenvalue weighted by Gasteiger charge is 1.93. The first-order chi connectivity index (χ1) is 9.91. The second-order valence-electron chi connectivity index (χ2n) is 6.20. The molecule has 0 spiro atoms. The zero-order valence-corrected chi connectivity index (χ0v) is 14.2. The van der Waals surface area contributed by atoms with Crippen molar-refractivity contribution in [2.45, 2.75) is 103 Å². The summed E-state index contributed by atoms with van der Waals surface area (Å²) in [5.74, 6) is 0. The van der Waals surface area contributed by atoms with E-state index in [-0.39, 0.29) is 0 Å². The van der Waals surface area contributed by atoms with Gasteiger partial charge in [-0.25, -0.2) is 0 Å². The summed E-state index contributed by atoms with van der Waals surface area (Å²) >= 11 is 0. The predicted molar refractivity (Wildman–Crippen MR) is 93.2 cm³/mol. The van der Waals surface area contributed by atoms with Crippen molar-refractivity contribution in [1.82, 2.24) is 5.32 Å². The lowest BCUT2D eigenvalue weighted by atomic mass is 10.1. The van der Waals surface area contributed by atoms with Gasteiger partial charge in [-0.1, -0.05) is 97.3 Å². The molecule has 1 nitrogen and oxygen atoms in total. The van der Waals surface area contributed by atoms with Crippen LogP contribution in [0.1, 0.15) is 103 Å². The predicted octanol–water partition coefficient (Wildman–Crippen LogP) is 6.28. The van der Waals surface area contributed by atoms with Crippen molar-refractivity contribution in [3.63, 3.8) is 0 Å². The highest BCUT2D eigenvalue weighted by atomic mass is 14.8. The van der Waals surface area contributed by atoms with Crippen LogP contribution in [0.2, 0.25) is 0 Å². The van der Waals surface area contributed by atoms with Gasteiger partial charge >= 0.3 is 0 Å². The highest BCUT2D eigenvalue weighted by Crippen LogP contribution is 2.11. The van der Waals surface area contributed by atoms with Gasteiger partial charge < -0.3 is 5.32 Å². The summed E-state index contributed by atoms with van der Waals surface area (Å²) in [7, 11) is 0. The number of unbranched alkanes of at least 4 members (excludes halogenated alkanes) is 13. The second kappa shape index (κ2) is 19.0. The molecular formula is C19H40N. The molecule has 0 aromatic carbocycles. The third-order valence-corrected chi connectivity index (χ3v) is 4.06. The fraction of sp³-hybridized carbons (Fsp3) is 0.947. The molecule has 0 fully saturated rings. The molecule has 0 aromatic rings. The topological polar surface area (TPSA) is 12.0 Å². The van der Waals surface area contributed by atoms with Crippen LogP contribution in [0.25, 0.3) is 0 Å². The largest absolute Gasteiger partial charge is 0.317 e. The van der Waals surface area contributed by atoms with Crippen LogP contribution in [0.3, 0.4) is 0 Å². The molecule has 0 rings (SSSR count). The van der Waals surface area contributed by atoms with Gasteiger partial charge in [-0.3, -0.25) is 0 Å². The van der Waals surface area contributed by atoms with Gasteiger partial charge in [0.25, 0.3) is 0 Å². The maximum Gasteiger partial charge on any atom is -0.00489 e. The molecule has 0 amide bonds. The fourth-order valence-electron chi connectivity index (χ4n) is 2.64. The van der Waals surface area contributed by atoms with Crippen LogP contribution in [0.5, 0.6) is 0 Å². The van der Waals surface area contributed by atoms with Crippen LogP contribution in [-0.4, -0.2) is 13.1 Å².